The lowest BCUT2D eigenvalue weighted by atomic mass is 10.2. The Morgan fingerprint density at radius 1 is 1.26 bits per heavy atom. The fraction of sp³-hybridized carbons (Fsp3) is 0.562. The molecule has 23 heavy (non-hydrogen) atoms. The maximum absolute atomic E-state index is 5.97. The van der Waals surface area contributed by atoms with Crippen molar-refractivity contribution in [3.05, 3.63) is 28.8 Å². The second kappa shape index (κ2) is 13.7. The van der Waals surface area contributed by atoms with Gasteiger partial charge in [-0.05, 0) is 32.4 Å². The first kappa shape index (κ1) is 22.3. The van der Waals surface area contributed by atoms with E-state index in [0.717, 1.165) is 50.0 Å². The lowest BCUT2D eigenvalue weighted by molar-refractivity contribution is 0.145. The lowest BCUT2D eigenvalue weighted by Crippen LogP contribution is -2.38. The molecular weight excluding hydrogens is 429 g/mol. The minimum Gasteiger partial charge on any atom is -0.496 e. The predicted octanol–water partition coefficient (Wildman–Crippen LogP) is 3.45. The van der Waals surface area contributed by atoms with Crippen molar-refractivity contribution in [3.63, 3.8) is 0 Å². The van der Waals surface area contributed by atoms with Gasteiger partial charge in [0.15, 0.2) is 5.96 Å². The quantitative estimate of drug-likeness (QED) is 0.259. The number of halogens is 2. The van der Waals surface area contributed by atoms with Crippen molar-refractivity contribution in [2.45, 2.75) is 26.8 Å². The number of ether oxygens (including phenoxy) is 2. The summed E-state index contributed by atoms with van der Waals surface area (Å²) in [6, 6.07) is 5.58. The van der Waals surface area contributed by atoms with Crippen LogP contribution in [0.15, 0.2) is 23.2 Å². The third-order valence-corrected chi connectivity index (χ3v) is 3.20. The van der Waals surface area contributed by atoms with Gasteiger partial charge in [-0.15, -0.1) is 24.0 Å². The molecule has 0 heterocycles. The second-order valence-corrected chi connectivity index (χ2v) is 5.07. The highest BCUT2D eigenvalue weighted by molar-refractivity contribution is 14.0. The largest absolute Gasteiger partial charge is 0.496 e. The summed E-state index contributed by atoms with van der Waals surface area (Å²) in [6.07, 6.45) is 0.947. The van der Waals surface area contributed by atoms with Crippen molar-refractivity contribution in [3.8, 4) is 5.75 Å². The van der Waals surface area contributed by atoms with Crippen LogP contribution >= 0.6 is 35.6 Å². The van der Waals surface area contributed by atoms with E-state index in [4.69, 9.17) is 21.1 Å². The molecule has 1 rings (SSSR count). The minimum atomic E-state index is 0. The SMILES string of the molecule is CCNC(=NCc1ccc(Cl)cc1OC)NCCCOCC.I. The number of benzene rings is 1. The molecule has 2 N–H and O–H groups in total. The van der Waals surface area contributed by atoms with Crippen LogP contribution in [0, 0.1) is 0 Å². The highest BCUT2D eigenvalue weighted by Gasteiger charge is 2.04. The number of aliphatic imine (C=N–C) groups is 1. The average Bonchev–Trinajstić information content (AvgIpc) is 2.53. The van der Waals surface area contributed by atoms with Crippen molar-refractivity contribution in [1.29, 1.82) is 0 Å². The molecule has 5 nitrogen and oxygen atoms in total. The van der Waals surface area contributed by atoms with Crippen molar-refractivity contribution in [2.75, 3.05) is 33.4 Å². The summed E-state index contributed by atoms with van der Waals surface area (Å²) in [4.78, 5) is 4.57. The number of nitrogens with zero attached hydrogens (tertiary/aromatic N) is 1. The molecule has 0 spiro atoms. The van der Waals surface area contributed by atoms with Gasteiger partial charge in [-0.3, -0.25) is 0 Å². The highest BCUT2D eigenvalue weighted by Crippen LogP contribution is 2.23. The summed E-state index contributed by atoms with van der Waals surface area (Å²) in [5.74, 6) is 1.54. The van der Waals surface area contributed by atoms with Gasteiger partial charge in [-0.25, -0.2) is 4.99 Å². The van der Waals surface area contributed by atoms with Gasteiger partial charge < -0.3 is 20.1 Å². The Bertz CT molecular complexity index is 473. The van der Waals surface area contributed by atoms with Gasteiger partial charge >= 0.3 is 0 Å². The summed E-state index contributed by atoms with van der Waals surface area (Å²) in [6.45, 7) is 7.72. The van der Waals surface area contributed by atoms with Gasteiger partial charge in [0.1, 0.15) is 5.75 Å². The van der Waals surface area contributed by atoms with Crippen LogP contribution in [0.25, 0.3) is 0 Å². The van der Waals surface area contributed by atoms with E-state index >= 15 is 0 Å². The Labute approximate surface area is 161 Å². The molecule has 0 saturated heterocycles. The van der Waals surface area contributed by atoms with Gasteiger partial charge in [0.2, 0.25) is 0 Å². The Balaban J connectivity index is 0.00000484. The predicted molar refractivity (Wildman–Crippen MR) is 107 cm³/mol. The monoisotopic (exact) mass is 455 g/mol. The zero-order chi connectivity index (χ0) is 16.2. The molecule has 132 valence electrons. The molecule has 0 atom stereocenters. The standard InChI is InChI=1S/C16H26ClN3O2.HI/c1-4-18-16(19-9-6-10-22-5-2)20-12-13-7-8-14(17)11-15(13)21-3;/h7-8,11H,4-6,9-10,12H2,1-3H3,(H2,18,19,20);1H. The maximum atomic E-state index is 5.97. The van der Waals surface area contributed by atoms with E-state index < -0.39 is 0 Å². The summed E-state index contributed by atoms with van der Waals surface area (Å²) < 4.78 is 10.6. The maximum Gasteiger partial charge on any atom is 0.191 e. The molecule has 1 aromatic rings. The smallest absolute Gasteiger partial charge is 0.191 e. The fourth-order valence-corrected chi connectivity index (χ4v) is 2.04. The van der Waals surface area contributed by atoms with Gasteiger partial charge in [-0.2, -0.15) is 0 Å². The number of rotatable bonds is 9. The van der Waals surface area contributed by atoms with Crippen molar-refractivity contribution in [2.24, 2.45) is 4.99 Å². The molecule has 0 aliphatic rings. The Morgan fingerprint density at radius 3 is 2.70 bits per heavy atom. The minimum absolute atomic E-state index is 0. The second-order valence-electron chi connectivity index (χ2n) is 4.63. The van der Waals surface area contributed by atoms with Crippen LogP contribution in [0.1, 0.15) is 25.8 Å². The number of guanidine groups is 1. The Kier molecular flexibility index (Phi) is 13.3. The van der Waals surface area contributed by atoms with E-state index in [1.165, 1.54) is 0 Å². The highest BCUT2D eigenvalue weighted by atomic mass is 127. The van der Waals surface area contributed by atoms with Crippen molar-refractivity contribution >= 4 is 41.5 Å². The van der Waals surface area contributed by atoms with Gasteiger partial charge in [0, 0.05) is 36.9 Å². The van der Waals surface area contributed by atoms with Crippen LogP contribution in [0.2, 0.25) is 5.02 Å². The summed E-state index contributed by atoms with van der Waals surface area (Å²) in [5, 5.41) is 7.17. The van der Waals surface area contributed by atoms with Crippen LogP contribution in [0.5, 0.6) is 5.75 Å². The van der Waals surface area contributed by atoms with Crippen LogP contribution < -0.4 is 15.4 Å². The molecule has 1 aromatic carbocycles. The zero-order valence-corrected chi connectivity index (χ0v) is 17.1. The molecule has 0 aromatic heterocycles. The van der Waals surface area contributed by atoms with Gasteiger partial charge in [0.25, 0.3) is 0 Å². The fourth-order valence-electron chi connectivity index (χ4n) is 1.88. The molecule has 0 saturated carbocycles. The topological polar surface area (TPSA) is 54.9 Å². The van der Waals surface area contributed by atoms with Crippen LogP contribution in [-0.2, 0) is 11.3 Å². The first-order chi connectivity index (χ1) is 10.7. The number of hydrogen-bond acceptors (Lipinski definition) is 3. The molecule has 0 fully saturated rings. The molecular formula is C16H27ClIN3O2. The molecule has 0 bridgehead atoms. The first-order valence-corrected chi connectivity index (χ1v) is 8.01. The normalized spacial score (nSPS) is 10.9. The number of methoxy groups -OCH3 is 1. The first-order valence-electron chi connectivity index (χ1n) is 7.63. The Morgan fingerprint density at radius 2 is 2.04 bits per heavy atom. The molecule has 0 unspecified atom stereocenters. The molecule has 7 heteroatoms. The van der Waals surface area contributed by atoms with E-state index in [0.29, 0.717) is 11.6 Å². The average molecular weight is 456 g/mol. The zero-order valence-electron chi connectivity index (χ0n) is 14.0. The molecule has 0 aliphatic carbocycles. The third kappa shape index (κ3) is 9.22. The van der Waals surface area contributed by atoms with E-state index in [2.05, 4.69) is 15.6 Å². The van der Waals surface area contributed by atoms with Crippen molar-refractivity contribution < 1.29 is 9.47 Å². The number of hydrogen-bond donors (Lipinski definition) is 2. The van der Waals surface area contributed by atoms with Crippen LogP contribution in [0.3, 0.4) is 0 Å². The molecule has 0 radical (unpaired) electrons. The summed E-state index contributed by atoms with van der Waals surface area (Å²) in [7, 11) is 1.63. The lowest BCUT2D eigenvalue weighted by Gasteiger charge is -2.12. The third-order valence-electron chi connectivity index (χ3n) is 2.96. The Hall–Kier alpha value is -0.730. The van der Waals surface area contributed by atoms with E-state index in [1.807, 2.05) is 26.0 Å². The van der Waals surface area contributed by atoms with Crippen LogP contribution in [-0.4, -0.2) is 39.4 Å². The molecule has 0 aliphatic heterocycles. The summed E-state index contributed by atoms with van der Waals surface area (Å²) in [5.41, 5.74) is 0.999. The van der Waals surface area contributed by atoms with Gasteiger partial charge in [-0.1, -0.05) is 17.7 Å². The van der Waals surface area contributed by atoms with Crippen molar-refractivity contribution in [1.82, 2.24) is 10.6 Å². The number of nitrogens with one attached hydrogen (secondary N) is 2. The van der Waals surface area contributed by atoms with E-state index in [-0.39, 0.29) is 24.0 Å². The van der Waals surface area contributed by atoms with E-state index in [1.54, 1.807) is 13.2 Å². The van der Waals surface area contributed by atoms with Crippen LogP contribution in [0.4, 0.5) is 0 Å². The van der Waals surface area contributed by atoms with Gasteiger partial charge in [0.05, 0.1) is 13.7 Å². The van der Waals surface area contributed by atoms with E-state index in [9.17, 15) is 0 Å². The molecule has 0 amide bonds. The summed E-state index contributed by atoms with van der Waals surface area (Å²) >= 11 is 5.97.